The molecule has 1 saturated heterocycles. The van der Waals surface area contributed by atoms with Crippen LogP contribution in [0.25, 0.3) is 0 Å². The number of nitrogens with zero attached hydrogens (tertiary/aromatic N) is 3. The zero-order chi connectivity index (χ0) is 18.1. The summed E-state index contributed by atoms with van der Waals surface area (Å²) in [5.41, 5.74) is 1.07. The molecule has 1 aliphatic heterocycles. The number of sulfonamides is 1. The predicted molar refractivity (Wildman–Crippen MR) is 105 cm³/mol. The second-order valence-electron chi connectivity index (χ2n) is 5.49. The summed E-state index contributed by atoms with van der Waals surface area (Å²) < 4.78 is 26.1. The number of thioether (sulfide) groups is 1. The van der Waals surface area contributed by atoms with Gasteiger partial charge >= 0.3 is 0 Å². The Kier molecular flexibility index (Phi) is 8.28. The van der Waals surface area contributed by atoms with E-state index in [1.54, 1.807) is 35.4 Å². The van der Waals surface area contributed by atoms with E-state index in [0.29, 0.717) is 37.3 Å². The fourth-order valence-corrected chi connectivity index (χ4v) is 4.96. The molecule has 140 valence electrons. The minimum Gasteiger partial charge on any atom is -0.356 e. The highest BCUT2D eigenvalue weighted by Crippen LogP contribution is 2.13. The maximum atomic E-state index is 12.3. The molecule has 1 fully saturated rings. The Morgan fingerprint density at radius 1 is 1.32 bits per heavy atom. The molecule has 0 bridgehead atoms. The zero-order valence-electron chi connectivity index (χ0n) is 14.2. The first-order valence-electron chi connectivity index (χ1n) is 8.12. The Morgan fingerprint density at radius 3 is 2.68 bits per heavy atom. The minimum atomic E-state index is -3.20. The zero-order valence-corrected chi connectivity index (χ0v) is 16.6. The molecule has 0 spiro atoms. The fraction of sp³-hybridized carbons (Fsp3) is 0.600. The SMILES string of the molecule is CN=C(NCCc1ccc(Cl)nc1)NCCS(=O)(=O)N1CCSCC1. The highest BCUT2D eigenvalue weighted by molar-refractivity contribution is 7.99. The number of guanidine groups is 1. The highest BCUT2D eigenvalue weighted by Gasteiger charge is 2.23. The monoisotopic (exact) mass is 405 g/mol. The summed E-state index contributed by atoms with van der Waals surface area (Å²) in [6.45, 7) is 2.21. The average Bonchev–Trinajstić information content (AvgIpc) is 2.62. The van der Waals surface area contributed by atoms with E-state index >= 15 is 0 Å². The van der Waals surface area contributed by atoms with Crippen molar-refractivity contribution in [2.24, 2.45) is 4.99 Å². The molecule has 0 amide bonds. The van der Waals surface area contributed by atoms with Gasteiger partial charge in [-0.15, -0.1) is 0 Å². The molecule has 0 aromatic carbocycles. The summed E-state index contributed by atoms with van der Waals surface area (Å²) in [6, 6.07) is 3.69. The van der Waals surface area contributed by atoms with Crippen LogP contribution in [0.3, 0.4) is 0 Å². The first kappa shape index (κ1) is 20.3. The Morgan fingerprint density at radius 2 is 2.04 bits per heavy atom. The summed E-state index contributed by atoms with van der Waals surface area (Å²) in [4.78, 5) is 8.15. The van der Waals surface area contributed by atoms with Crippen LogP contribution in [-0.2, 0) is 16.4 Å². The number of rotatable bonds is 7. The van der Waals surface area contributed by atoms with Gasteiger partial charge in [0.15, 0.2) is 5.96 Å². The minimum absolute atomic E-state index is 0.0689. The largest absolute Gasteiger partial charge is 0.356 e. The number of hydrogen-bond acceptors (Lipinski definition) is 5. The predicted octanol–water partition coefficient (Wildman–Crippen LogP) is 0.821. The standard InChI is InChI=1S/C15H24ClN5O2S2/c1-17-15(18-5-4-13-2-3-14(16)20-12-13)19-6-11-25(22,23)21-7-9-24-10-8-21/h2-3,12H,4-11H2,1H3,(H2,17,18,19). The van der Waals surface area contributed by atoms with Crippen LogP contribution in [0.1, 0.15) is 5.56 Å². The molecular weight excluding hydrogens is 382 g/mol. The van der Waals surface area contributed by atoms with Crippen LogP contribution in [0.15, 0.2) is 23.3 Å². The molecular formula is C15H24ClN5O2S2. The Labute approximate surface area is 158 Å². The lowest BCUT2D eigenvalue weighted by Gasteiger charge is -2.25. The van der Waals surface area contributed by atoms with Gasteiger partial charge in [-0.3, -0.25) is 4.99 Å². The number of hydrogen-bond donors (Lipinski definition) is 2. The topological polar surface area (TPSA) is 86.7 Å². The van der Waals surface area contributed by atoms with E-state index in [1.165, 1.54) is 0 Å². The quantitative estimate of drug-likeness (QED) is 0.397. The van der Waals surface area contributed by atoms with Crippen molar-refractivity contribution < 1.29 is 8.42 Å². The average molecular weight is 406 g/mol. The molecule has 2 rings (SSSR count). The third-order valence-corrected chi connectivity index (χ3v) is 6.77. The van der Waals surface area contributed by atoms with E-state index in [-0.39, 0.29) is 5.75 Å². The van der Waals surface area contributed by atoms with E-state index < -0.39 is 10.0 Å². The van der Waals surface area contributed by atoms with Gasteiger partial charge < -0.3 is 10.6 Å². The van der Waals surface area contributed by atoms with Gasteiger partial charge in [0.2, 0.25) is 10.0 Å². The van der Waals surface area contributed by atoms with Gasteiger partial charge in [0.05, 0.1) is 5.75 Å². The van der Waals surface area contributed by atoms with Gasteiger partial charge in [-0.1, -0.05) is 17.7 Å². The summed E-state index contributed by atoms with van der Waals surface area (Å²) in [7, 11) is -1.54. The van der Waals surface area contributed by atoms with Gasteiger partial charge in [-0.25, -0.2) is 17.7 Å². The Hall–Kier alpha value is -1.03. The van der Waals surface area contributed by atoms with Crippen molar-refractivity contribution in [1.82, 2.24) is 19.9 Å². The lowest BCUT2D eigenvalue weighted by molar-refractivity contribution is 0.443. The van der Waals surface area contributed by atoms with Crippen LogP contribution in [-0.4, -0.2) is 74.2 Å². The molecule has 10 heteroatoms. The smallest absolute Gasteiger partial charge is 0.215 e. The summed E-state index contributed by atoms with van der Waals surface area (Å²) in [6.07, 6.45) is 2.51. The molecule has 1 aromatic rings. The van der Waals surface area contributed by atoms with Crippen molar-refractivity contribution >= 4 is 39.3 Å². The van der Waals surface area contributed by atoms with Crippen molar-refractivity contribution in [1.29, 1.82) is 0 Å². The molecule has 1 aromatic heterocycles. The van der Waals surface area contributed by atoms with Crippen molar-refractivity contribution in [3.8, 4) is 0 Å². The third kappa shape index (κ3) is 7.01. The van der Waals surface area contributed by atoms with E-state index in [4.69, 9.17) is 11.6 Å². The molecule has 0 atom stereocenters. The Balaban J connectivity index is 1.70. The molecule has 0 saturated carbocycles. The molecule has 0 aliphatic carbocycles. The van der Waals surface area contributed by atoms with Crippen LogP contribution in [0.2, 0.25) is 5.15 Å². The van der Waals surface area contributed by atoms with Crippen LogP contribution >= 0.6 is 23.4 Å². The highest BCUT2D eigenvalue weighted by atomic mass is 35.5. The summed E-state index contributed by atoms with van der Waals surface area (Å²) in [5, 5.41) is 6.69. The third-order valence-electron chi connectivity index (χ3n) is 3.73. The number of halogens is 1. The van der Waals surface area contributed by atoms with Gasteiger partial charge in [0, 0.05) is 50.9 Å². The van der Waals surface area contributed by atoms with E-state index in [2.05, 4.69) is 20.6 Å². The van der Waals surface area contributed by atoms with Crippen molar-refractivity contribution in [2.45, 2.75) is 6.42 Å². The van der Waals surface area contributed by atoms with Gasteiger partial charge in [-0.2, -0.15) is 11.8 Å². The van der Waals surface area contributed by atoms with Gasteiger partial charge in [0.25, 0.3) is 0 Å². The van der Waals surface area contributed by atoms with Gasteiger partial charge in [0.1, 0.15) is 5.15 Å². The molecule has 7 nitrogen and oxygen atoms in total. The normalized spacial score (nSPS) is 16.6. The lowest BCUT2D eigenvalue weighted by Crippen LogP contribution is -2.44. The molecule has 2 N–H and O–H groups in total. The first-order valence-corrected chi connectivity index (χ1v) is 11.3. The maximum Gasteiger partial charge on any atom is 0.215 e. The lowest BCUT2D eigenvalue weighted by atomic mass is 10.2. The van der Waals surface area contributed by atoms with Gasteiger partial charge in [-0.05, 0) is 18.1 Å². The number of aliphatic imine (C=N–C) groups is 1. The van der Waals surface area contributed by atoms with Crippen LogP contribution < -0.4 is 10.6 Å². The molecule has 1 aliphatic rings. The second-order valence-corrected chi connectivity index (χ2v) is 9.19. The molecule has 0 unspecified atom stereocenters. The first-order chi connectivity index (χ1) is 12.0. The molecule has 25 heavy (non-hydrogen) atoms. The van der Waals surface area contributed by atoms with Crippen molar-refractivity contribution in [3.63, 3.8) is 0 Å². The van der Waals surface area contributed by atoms with E-state index in [9.17, 15) is 8.42 Å². The van der Waals surface area contributed by atoms with E-state index in [0.717, 1.165) is 23.5 Å². The number of pyridine rings is 1. The number of nitrogens with one attached hydrogen (secondary N) is 2. The van der Waals surface area contributed by atoms with Crippen LogP contribution in [0, 0.1) is 0 Å². The van der Waals surface area contributed by atoms with E-state index in [1.807, 2.05) is 6.07 Å². The Bertz CT molecular complexity index is 661. The van der Waals surface area contributed by atoms with Crippen LogP contribution in [0.4, 0.5) is 0 Å². The maximum absolute atomic E-state index is 12.3. The molecule has 2 heterocycles. The summed E-state index contributed by atoms with van der Waals surface area (Å²) in [5.74, 6) is 2.40. The van der Waals surface area contributed by atoms with Crippen molar-refractivity contribution in [3.05, 3.63) is 29.0 Å². The second kappa shape index (κ2) is 10.2. The van der Waals surface area contributed by atoms with Crippen LogP contribution in [0.5, 0.6) is 0 Å². The molecule has 0 radical (unpaired) electrons. The summed E-state index contributed by atoms with van der Waals surface area (Å²) >= 11 is 7.55. The van der Waals surface area contributed by atoms with Crippen molar-refractivity contribution in [2.75, 3.05) is 50.5 Å². The fourth-order valence-electron chi connectivity index (χ4n) is 2.35. The number of aromatic nitrogens is 1.